The van der Waals surface area contributed by atoms with Gasteiger partial charge in [0.1, 0.15) is 11.5 Å². The number of hydrogen-bond donors (Lipinski definition) is 1. The fourth-order valence-electron chi connectivity index (χ4n) is 2.33. The van der Waals surface area contributed by atoms with Gasteiger partial charge in [0.05, 0.1) is 10.3 Å². The van der Waals surface area contributed by atoms with Crippen LogP contribution >= 0.6 is 0 Å². The minimum Gasteiger partial charge on any atom is -0.457 e. The van der Waals surface area contributed by atoms with Crippen molar-refractivity contribution in [2.24, 2.45) is 0 Å². The van der Waals surface area contributed by atoms with E-state index in [4.69, 9.17) is 4.74 Å². The van der Waals surface area contributed by atoms with E-state index in [1.54, 1.807) is 42.6 Å². The molecule has 0 aliphatic rings. The number of carbonyl (C=O) groups excluding carboxylic acids is 1. The molecular weight excluding hydrogens is 310 g/mol. The Balaban J connectivity index is 1.94. The Hall–Kier alpha value is -3.48. The molecular formula is C17H13N3O4. The number of nitro benzene ring substituents is 1. The Kier molecular flexibility index (Phi) is 4.07. The van der Waals surface area contributed by atoms with E-state index < -0.39 is 4.92 Å². The van der Waals surface area contributed by atoms with Crippen LogP contribution in [-0.2, 0) is 4.79 Å². The molecule has 1 heterocycles. The van der Waals surface area contributed by atoms with Crippen LogP contribution in [-0.4, -0.2) is 15.8 Å². The summed E-state index contributed by atoms with van der Waals surface area (Å²) in [6.45, 7) is 1.43. The van der Waals surface area contributed by atoms with Crippen LogP contribution in [0.1, 0.15) is 6.92 Å². The molecule has 0 aliphatic carbocycles. The number of nitrogens with zero attached hydrogens (tertiary/aromatic N) is 2. The monoisotopic (exact) mass is 323 g/mol. The molecule has 24 heavy (non-hydrogen) atoms. The number of carbonyl (C=O) groups is 1. The number of rotatable bonds is 4. The average Bonchev–Trinajstić information content (AvgIpc) is 2.56. The molecule has 0 spiro atoms. The molecule has 0 saturated heterocycles. The van der Waals surface area contributed by atoms with Crippen molar-refractivity contribution in [1.29, 1.82) is 0 Å². The smallest absolute Gasteiger partial charge is 0.279 e. The van der Waals surface area contributed by atoms with Gasteiger partial charge in [0.25, 0.3) is 5.69 Å². The van der Waals surface area contributed by atoms with Crippen LogP contribution in [0.15, 0.2) is 54.9 Å². The number of anilines is 1. The first-order valence-corrected chi connectivity index (χ1v) is 7.11. The second-order valence-electron chi connectivity index (χ2n) is 5.07. The van der Waals surface area contributed by atoms with Crippen molar-refractivity contribution in [2.75, 3.05) is 5.32 Å². The molecule has 1 amide bonds. The first-order chi connectivity index (χ1) is 11.5. The third-order valence-electron chi connectivity index (χ3n) is 3.35. The van der Waals surface area contributed by atoms with Gasteiger partial charge in [-0.05, 0) is 36.4 Å². The van der Waals surface area contributed by atoms with E-state index in [9.17, 15) is 14.9 Å². The molecule has 0 atom stereocenters. The predicted octanol–water partition coefficient (Wildman–Crippen LogP) is 3.89. The van der Waals surface area contributed by atoms with E-state index in [0.29, 0.717) is 28.0 Å². The van der Waals surface area contributed by atoms with E-state index >= 15 is 0 Å². The number of amides is 1. The Morgan fingerprint density at radius 1 is 1.12 bits per heavy atom. The summed E-state index contributed by atoms with van der Waals surface area (Å²) >= 11 is 0. The van der Waals surface area contributed by atoms with Crippen molar-refractivity contribution in [3.63, 3.8) is 0 Å². The van der Waals surface area contributed by atoms with Gasteiger partial charge in [-0.2, -0.15) is 0 Å². The minimum absolute atomic E-state index is 0.0218. The van der Waals surface area contributed by atoms with Crippen LogP contribution in [0, 0.1) is 10.1 Å². The summed E-state index contributed by atoms with van der Waals surface area (Å²) in [6.07, 6.45) is 3.00. The lowest BCUT2D eigenvalue weighted by Crippen LogP contribution is -2.05. The van der Waals surface area contributed by atoms with Gasteiger partial charge in [0.15, 0.2) is 0 Å². The van der Waals surface area contributed by atoms with Gasteiger partial charge in [-0.3, -0.25) is 19.9 Å². The number of ether oxygens (including phenoxy) is 1. The Labute approximate surface area is 137 Å². The van der Waals surface area contributed by atoms with Crippen molar-refractivity contribution >= 4 is 28.1 Å². The van der Waals surface area contributed by atoms with E-state index in [1.165, 1.54) is 19.2 Å². The molecule has 1 N–H and O–H groups in total. The first-order valence-electron chi connectivity index (χ1n) is 7.11. The molecule has 7 nitrogen and oxygen atoms in total. The lowest BCUT2D eigenvalue weighted by Gasteiger charge is -2.10. The largest absolute Gasteiger partial charge is 0.457 e. The van der Waals surface area contributed by atoms with Crippen LogP contribution in [0.3, 0.4) is 0 Å². The lowest BCUT2D eigenvalue weighted by molar-refractivity contribution is -0.383. The maximum absolute atomic E-state index is 11.1. The number of fused-ring (bicyclic) bond motifs is 1. The second-order valence-corrected chi connectivity index (χ2v) is 5.07. The van der Waals surface area contributed by atoms with Gasteiger partial charge < -0.3 is 10.1 Å². The average molecular weight is 323 g/mol. The number of hydrogen-bond acceptors (Lipinski definition) is 5. The summed E-state index contributed by atoms with van der Waals surface area (Å²) in [6, 6.07) is 11.5. The minimum atomic E-state index is -0.448. The second kappa shape index (κ2) is 6.33. The molecule has 1 aromatic heterocycles. The zero-order valence-electron chi connectivity index (χ0n) is 12.7. The highest BCUT2D eigenvalue weighted by Gasteiger charge is 2.15. The van der Waals surface area contributed by atoms with Gasteiger partial charge in [-0.15, -0.1) is 0 Å². The quantitative estimate of drug-likeness (QED) is 0.580. The summed E-state index contributed by atoms with van der Waals surface area (Å²) in [5.74, 6) is 0.888. The molecule has 0 fully saturated rings. The van der Waals surface area contributed by atoms with Crippen molar-refractivity contribution in [2.45, 2.75) is 6.92 Å². The third kappa shape index (κ3) is 3.14. The highest BCUT2D eigenvalue weighted by molar-refractivity contribution is 5.94. The van der Waals surface area contributed by atoms with Crippen LogP contribution in [0.5, 0.6) is 11.5 Å². The van der Waals surface area contributed by atoms with E-state index in [1.807, 2.05) is 0 Å². The lowest BCUT2D eigenvalue weighted by atomic mass is 10.1. The number of benzene rings is 2. The van der Waals surface area contributed by atoms with E-state index in [-0.39, 0.29) is 11.6 Å². The predicted molar refractivity (Wildman–Crippen MR) is 89.2 cm³/mol. The molecule has 0 radical (unpaired) electrons. The number of non-ortho nitro benzene ring substituents is 1. The highest BCUT2D eigenvalue weighted by Crippen LogP contribution is 2.34. The summed E-state index contributed by atoms with van der Waals surface area (Å²) in [4.78, 5) is 25.6. The zero-order chi connectivity index (χ0) is 17.1. The Morgan fingerprint density at radius 3 is 2.54 bits per heavy atom. The van der Waals surface area contributed by atoms with Crippen molar-refractivity contribution in [3.05, 3.63) is 65.0 Å². The fraction of sp³-hybridized carbons (Fsp3) is 0.0588. The van der Waals surface area contributed by atoms with E-state index in [2.05, 4.69) is 10.3 Å². The first kappa shape index (κ1) is 15.4. The van der Waals surface area contributed by atoms with Gasteiger partial charge >= 0.3 is 0 Å². The maximum Gasteiger partial charge on any atom is 0.279 e. The summed E-state index contributed by atoms with van der Waals surface area (Å²) in [5, 5.41) is 14.8. The van der Waals surface area contributed by atoms with Crippen molar-refractivity contribution in [1.82, 2.24) is 4.98 Å². The number of nitrogens with one attached hydrogen (secondary N) is 1. The summed E-state index contributed by atoms with van der Waals surface area (Å²) in [7, 11) is 0. The number of aromatic nitrogens is 1. The van der Waals surface area contributed by atoms with Crippen LogP contribution in [0.25, 0.3) is 10.8 Å². The van der Waals surface area contributed by atoms with Crippen LogP contribution in [0.4, 0.5) is 11.4 Å². The molecule has 0 aliphatic heterocycles. The van der Waals surface area contributed by atoms with Gasteiger partial charge in [-0.25, -0.2) is 0 Å². The molecule has 2 aromatic carbocycles. The van der Waals surface area contributed by atoms with Crippen molar-refractivity contribution in [3.8, 4) is 11.5 Å². The zero-order valence-corrected chi connectivity index (χ0v) is 12.7. The molecule has 7 heteroatoms. The number of pyridine rings is 1. The molecule has 0 saturated carbocycles. The normalized spacial score (nSPS) is 10.4. The topological polar surface area (TPSA) is 94.4 Å². The maximum atomic E-state index is 11.1. The Bertz CT molecular complexity index is 923. The van der Waals surface area contributed by atoms with Gasteiger partial charge in [-0.1, -0.05) is 0 Å². The van der Waals surface area contributed by atoms with Gasteiger partial charge in [0.2, 0.25) is 5.91 Å². The van der Waals surface area contributed by atoms with Crippen LogP contribution in [0.2, 0.25) is 0 Å². The summed E-state index contributed by atoms with van der Waals surface area (Å²) < 4.78 is 5.82. The fourth-order valence-corrected chi connectivity index (χ4v) is 2.33. The SMILES string of the molecule is CC(=O)Nc1ccc(Oc2ccc([N+](=O)[O-])c3cnccc23)cc1. The molecule has 3 aromatic rings. The van der Waals surface area contributed by atoms with Crippen molar-refractivity contribution < 1.29 is 14.5 Å². The standard InChI is InChI=1S/C17H13N3O4/c1-11(21)19-12-2-4-13(5-3-12)24-17-7-6-16(20(22)23)15-10-18-9-8-14(15)17/h2-10H,1H3,(H,19,21). The summed E-state index contributed by atoms with van der Waals surface area (Å²) in [5.41, 5.74) is 0.638. The Morgan fingerprint density at radius 2 is 1.88 bits per heavy atom. The number of nitro groups is 1. The molecule has 0 bridgehead atoms. The molecule has 120 valence electrons. The highest BCUT2D eigenvalue weighted by atomic mass is 16.6. The van der Waals surface area contributed by atoms with Gasteiger partial charge in [0, 0.05) is 36.5 Å². The molecule has 3 rings (SSSR count). The van der Waals surface area contributed by atoms with E-state index in [0.717, 1.165) is 0 Å². The van der Waals surface area contributed by atoms with Crippen LogP contribution < -0.4 is 10.1 Å². The third-order valence-corrected chi connectivity index (χ3v) is 3.35. The molecule has 0 unspecified atom stereocenters.